The summed E-state index contributed by atoms with van der Waals surface area (Å²) in [7, 11) is 0. The van der Waals surface area contributed by atoms with Crippen molar-refractivity contribution in [1.82, 2.24) is 9.88 Å². The van der Waals surface area contributed by atoms with Crippen molar-refractivity contribution in [1.29, 1.82) is 0 Å². The standard InChI is InChI=1S/C15H25N3OS/c1-3-5-9-18(10-6-4-2)15(19)12-20-14-8-7-13(16)11-17-14/h7-8,11H,3-6,9-10,12,16H2,1-2H3. The SMILES string of the molecule is CCCCN(CCCC)C(=O)CSc1ccc(N)cn1. The zero-order valence-corrected chi connectivity index (χ0v) is 13.3. The molecule has 20 heavy (non-hydrogen) atoms. The number of unbranched alkanes of at least 4 members (excludes halogenated alkanes) is 2. The lowest BCUT2D eigenvalue weighted by Crippen LogP contribution is -2.34. The summed E-state index contributed by atoms with van der Waals surface area (Å²) in [5, 5.41) is 0.846. The fourth-order valence-electron chi connectivity index (χ4n) is 1.76. The molecular weight excluding hydrogens is 270 g/mol. The van der Waals surface area contributed by atoms with Crippen molar-refractivity contribution < 1.29 is 4.79 Å². The van der Waals surface area contributed by atoms with Crippen molar-refractivity contribution in [2.45, 2.75) is 44.6 Å². The Morgan fingerprint density at radius 3 is 2.40 bits per heavy atom. The van der Waals surface area contributed by atoms with Crippen molar-refractivity contribution in [3.8, 4) is 0 Å². The molecule has 1 amide bonds. The number of rotatable bonds is 9. The normalized spacial score (nSPS) is 10.5. The van der Waals surface area contributed by atoms with Gasteiger partial charge in [-0.25, -0.2) is 4.98 Å². The Hall–Kier alpha value is -1.23. The van der Waals surface area contributed by atoms with Gasteiger partial charge in [0.15, 0.2) is 0 Å². The highest BCUT2D eigenvalue weighted by Crippen LogP contribution is 2.16. The van der Waals surface area contributed by atoms with Crippen LogP contribution in [0.25, 0.3) is 0 Å². The van der Waals surface area contributed by atoms with E-state index in [1.54, 1.807) is 6.20 Å². The number of amides is 1. The molecule has 0 aliphatic rings. The lowest BCUT2D eigenvalue weighted by molar-refractivity contribution is -0.128. The van der Waals surface area contributed by atoms with Crippen LogP contribution in [0.3, 0.4) is 0 Å². The Bertz CT molecular complexity index is 387. The highest BCUT2D eigenvalue weighted by molar-refractivity contribution is 7.99. The predicted octanol–water partition coefficient (Wildman–Crippen LogP) is 3.18. The molecule has 0 spiro atoms. The van der Waals surface area contributed by atoms with Crippen molar-refractivity contribution in [3.63, 3.8) is 0 Å². The topological polar surface area (TPSA) is 59.2 Å². The molecule has 0 aliphatic carbocycles. The molecule has 4 nitrogen and oxygen atoms in total. The molecule has 0 aliphatic heterocycles. The van der Waals surface area contributed by atoms with Crippen LogP contribution in [0.1, 0.15) is 39.5 Å². The first kappa shape index (κ1) is 16.8. The van der Waals surface area contributed by atoms with Gasteiger partial charge in [0, 0.05) is 13.1 Å². The van der Waals surface area contributed by atoms with Crippen molar-refractivity contribution in [2.24, 2.45) is 0 Å². The van der Waals surface area contributed by atoms with Gasteiger partial charge in [-0.05, 0) is 25.0 Å². The van der Waals surface area contributed by atoms with Crippen LogP contribution in [-0.4, -0.2) is 34.6 Å². The molecule has 0 saturated carbocycles. The summed E-state index contributed by atoms with van der Waals surface area (Å²) in [6.07, 6.45) is 5.99. The number of hydrogen-bond acceptors (Lipinski definition) is 4. The van der Waals surface area contributed by atoms with E-state index in [1.165, 1.54) is 11.8 Å². The quantitative estimate of drug-likeness (QED) is 0.711. The Balaban J connectivity index is 2.45. The van der Waals surface area contributed by atoms with Gasteiger partial charge in [0.2, 0.25) is 5.91 Å². The fraction of sp³-hybridized carbons (Fsp3) is 0.600. The number of nitrogen functional groups attached to an aromatic ring is 1. The Morgan fingerprint density at radius 2 is 1.90 bits per heavy atom. The van der Waals surface area contributed by atoms with E-state index in [9.17, 15) is 4.79 Å². The van der Waals surface area contributed by atoms with E-state index in [0.29, 0.717) is 11.4 Å². The largest absolute Gasteiger partial charge is 0.397 e. The number of carbonyl (C=O) groups is 1. The van der Waals surface area contributed by atoms with Crippen LogP contribution in [0.15, 0.2) is 23.4 Å². The molecule has 0 saturated heterocycles. The zero-order chi connectivity index (χ0) is 14.8. The maximum absolute atomic E-state index is 12.2. The van der Waals surface area contributed by atoms with E-state index in [1.807, 2.05) is 17.0 Å². The van der Waals surface area contributed by atoms with E-state index < -0.39 is 0 Å². The monoisotopic (exact) mass is 295 g/mol. The number of hydrogen-bond donors (Lipinski definition) is 1. The maximum atomic E-state index is 12.2. The van der Waals surface area contributed by atoms with Crippen LogP contribution >= 0.6 is 11.8 Å². The van der Waals surface area contributed by atoms with Crippen molar-refractivity contribution in [2.75, 3.05) is 24.6 Å². The molecule has 1 rings (SSSR count). The second-order valence-electron chi connectivity index (χ2n) is 4.81. The van der Waals surface area contributed by atoms with Gasteiger partial charge in [0.1, 0.15) is 0 Å². The fourth-order valence-corrected chi connectivity index (χ4v) is 2.51. The van der Waals surface area contributed by atoms with Crippen LogP contribution < -0.4 is 5.73 Å². The van der Waals surface area contributed by atoms with Crippen LogP contribution in [0, 0.1) is 0 Å². The number of carbonyl (C=O) groups excluding carboxylic acids is 1. The average molecular weight is 295 g/mol. The van der Waals surface area contributed by atoms with E-state index in [4.69, 9.17) is 5.73 Å². The van der Waals surface area contributed by atoms with E-state index in [0.717, 1.165) is 43.8 Å². The molecular formula is C15H25N3OS. The molecule has 1 heterocycles. The summed E-state index contributed by atoms with van der Waals surface area (Å²) in [6, 6.07) is 3.67. The van der Waals surface area contributed by atoms with Gasteiger partial charge in [0.05, 0.1) is 22.7 Å². The predicted molar refractivity (Wildman–Crippen MR) is 85.8 cm³/mol. The number of nitrogens with two attached hydrogens (primary N) is 1. The lowest BCUT2D eigenvalue weighted by atomic mass is 10.2. The Labute approximate surface area is 126 Å². The van der Waals surface area contributed by atoms with Gasteiger partial charge in [-0.15, -0.1) is 0 Å². The maximum Gasteiger partial charge on any atom is 0.232 e. The number of anilines is 1. The first-order valence-corrected chi connectivity index (χ1v) is 8.28. The lowest BCUT2D eigenvalue weighted by Gasteiger charge is -2.22. The summed E-state index contributed by atoms with van der Waals surface area (Å²) >= 11 is 1.47. The van der Waals surface area contributed by atoms with E-state index in [2.05, 4.69) is 18.8 Å². The minimum absolute atomic E-state index is 0.204. The number of pyridine rings is 1. The second-order valence-corrected chi connectivity index (χ2v) is 5.80. The van der Waals surface area contributed by atoms with Gasteiger partial charge in [-0.2, -0.15) is 0 Å². The van der Waals surface area contributed by atoms with Gasteiger partial charge in [-0.3, -0.25) is 4.79 Å². The molecule has 0 aromatic carbocycles. The molecule has 0 bridgehead atoms. The van der Waals surface area contributed by atoms with Gasteiger partial charge >= 0.3 is 0 Å². The summed E-state index contributed by atoms with van der Waals surface area (Å²) in [6.45, 7) is 6.03. The molecule has 0 unspecified atom stereocenters. The number of aromatic nitrogens is 1. The Kier molecular flexibility index (Phi) is 8.11. The number of thioether (sulfide) groups is 1. The highest BCUT2D eigenvalue weighted by Gasteiger charge is 2.13. The summed E-state index contributed by atoms with van der Waals surface area (Å²) in [5.74, 6) is 0.653. The first-order chi connectivity index (χ1) is 9.67. The first-order valence-electron chi connectivity index (χ1n) is 7.29. The van der Waals surface area contributed by atoms with Crippen molar-refractivity contribution >= 4 is 23.4 Å². The third-order valence-corrected chi connectivity index (χ3v) is 3.95. The van der Waals surface area contributed by atoms with Gasteiger partial charge in [0.25, 0.3) is 0 Å². The summed E-state index contributed by atoms with van der Waals surface area (Å²) in [4.78, 5) is 18.4. The van der Waals surface area contributed by atoms with Gasteiger partial charge < -0.3 is 10.6 Å². The van der Waals surface area contributed by atoms with Crippen LogP contribution in [-0.2, 0) is 4.79 Å². The molecule has 0 radical (unpaired) electrons. The Morgan fingerprint density at radius 1 is 1.25 bits per heavy atom. The second kappa shape index (κ2) is 9.64. The summed E-state index contributed by atoms with van der Waals surface area (Å²) < 4.78 is 0. The average Bonchev–Trinajstić information content (AvgIpc) is 2.46. The zero-order valence-electron chi connectivity index (χ0n) is 12.5. The van der Waals surface area contributed by atoms with Gasteiger partial charge in [-0.1, -0.05) is 38.5 Å². The molecule has 1 aromatic heterocycles. The molecule has 0 atom stereocenters. The van der Waals surface area contributed by atoms with Crippen LogP contribution in [0.5, 0.6) is 0 Å². The minimum atomic E-state index is 0.204. The van der Waals surface area contributed by atoms with E-state index >= 15 is 0 Å². The van der Waals surface area contributed by atoms with Crippen LogP contribution in [0.2, 0.25) is 0 Å². The van der Waals surface area contributed by atoms with Crippen LogP contribution in [0.4, 0.5) is 5.69 Å². The third kappa shape index (κ3) is 6.28. The third-order valence-electron chi connectivity index (χ3n) is 3.02. The minimum Gasteiger partial charge on any atom is -0.397 e. The van der Waals surface area contributed by atoms with Crippen molar-refractivity contribution in [3.05, 3.63) is 18.3 Å². The molecule has 1 aromatic rings. The van der Waals surface area contributed by atoms with E-state index in [-0.39, 0.29) is 5.91 Å². The highest BCUT2D eigenvalue weighted by atomic mass is 32.2. The smallest absolute Gasteiger partial charge is 0.232 e. The number of nitrogens with zero attached hydrogens (tertiary/aromatic N) is 2. The molecule has 5 heteroatoms. The summed E-state index contributed by atoms with van der Waals surface area (Å²) in [5.41, 5.74) is 6.24. The molecule has 2 N–H and O–H groups in total. The molecule has 112 valence electrons. The molecule has 0 fully saturated rings.